The lowest BCUT2D eigenvalue weighted by molar-refractivity contribution is -0.0427. The summed E-state index contributed by atoms with van der Waals surface area (Å²) in [5.41, 5.74) is 0. The SMILES string of the molecule is CC1CCCN(S(=O)(=O)N2CC(C)OC(CBr)C2)C1. The van der Waals surface area contributed by atoms with Gasteiger partial charge in [-0.25, -0.2) is 0 Å². The van der Waals surface area contributed by atoms with Crippen molar-refractivity contribution in [3.63, 3.8) is 0 Å². The molecule has 0 aromatic heterocycles. The van der Waals surface area contributed by atoms with E-state index in [1.54, 1.807) is 8.61 Å². The third-order valence-corrected chi connectivity index (χ3v) is 6.39. The molecule has 0 radical (unpaired) electrons. The van der Waals surface area contributed by atoms with Crippen molar-refractivity contribution in [2.45, 2.75) is 38.9 Å². The third kappa shape index (κ3) is 3.69. The highest BCUT2D eigenvalue weighted by atomic mass is 79.9. The summed E-state index contributed by atoms with van der Waals surface area (Å²) in [7, 11) is -3.33. The lowest BCUT2D eigenvalue weighted by atomic mass is 10.0. The molecule has 3 atom stereocenters. The van der Waals surface area contributed by atoms with Gasteiger partial charge in [0.25, 0.3) is 10.2 Å². The van der Waals surface area contributed by atoms with E-state index in [0.717, 1.165) is 12.8 Å². The Labute approximate surface area is 124 Å². The van der Waals surface area contributed by atoms with Gasteiger partial charge in [-0.2, -0.15) is 17.0 Å². The second-order valence-corrected chi connectivity index (χ2v) is 8.23. The number of halogens is 1. The standard InChI is InChI=1S/C12H23BrN2O3S/c1-10-4-3-5-14(7-10)19(16,17)15-8-11(2)18-12(6-13)9-15/h10-12H,3-9H2,1-2H3. The Balaban J connectivity index is 2.09. The number of ether oxygens (including phenoxy) is 1. The molecular formula is C12H23BrN2O3S. The average molecular weight is 355 g/mol. The quantitative estimate of drug-likeness (QED) is 0.720. The van der Waals surface area contributed by atoms with Crippen molar-refractivity contribution in [2.24, 2.45) is 5.92 Å². The van der Waals surface area contributed by atoms with Crippen molar-refractivity contribution >= 4 is 26.1 Å². The number of morpholine rings is 1. The Morgan fingerprint density at radius 3 is 2.58 bits per heavy atom. The second kappa shape index (κ2) is 6.39. The van der Waals surface area contributed by atoms with Crippen molar-refractivity contribution in [1.29, 1.82) is 0 Å². The lowest BCUT2D eigenvalue weighted by Gasteiger charge is -2.39. The zero-order chi connectivity index (χ0) is 14.0. The summed E-state index contributed by atoms with van der Waals surface area (Å²) >= 11 is 3.38. The van der Waals surface area contributed by atoms with Gasteiger partial charge in [-0.1, -0.05) is 22.9 Å². The van der Waals surface area contributed by atoms with Crippen LogP contribution in [-0.2, 0) is 14.9 Å². The van der Waals surface area contributed by atoms with E-state index in [1.807, 2.05) is 6.92 Å². The maximum Gasteiger partial charge on any atom is 0.282 e. The Hall–Kier alpha value is 0.310. The molecule has 5 nitrogen and oxygen atoms in total. The fraction of sp³-hybridized carbons (Fsp3) is 1.00. The first-order valence-corrected chi connectivity index (χ1v) is 9.42. The van der Waals surface area contributed by atoms with E-state index in [2.05, 4.69) is 22.9 Å². The Morgan fingerprint density at radius 1 is 1.21 bits per heavy atom. The second-order valence-electron chi connectivity index (χ2n) is 5.65. The van der Waals surface area contributed by atoms with Gasteiger partial charge in [0.1, 0.15) is 0 Å². The molecule has 0 saturated carbocycles. The van der Waals surface area contributed by atoms with E-state index in [0.29, 0.717) is 37.4 Å². The topological polar surface area (TPSA) is 49.9 Å². The van der Waals surface area contributed by atoms with Gasteiger partial charge < -0.3 is 4.74 Å². The molecule has 2 fully saturated rings. The molecule has 3 unspecified atom stereocenters. The number of piperidine rings is 1. The smallest absolute Gasteiger partial charge is 0.282 e. The molecule has 0 aromatic carbocycles. The number of nitrogens with zero attached hydrogens (tertiary/aromatic N) is 2. The van der Waals surface area contributed by atoms with Crippen molar-refractivity contribution in [2.75, 3.05) is 31.5 Å². The zero-order valence-corrected chi connectivity index (χ0v) is 14.0. The van der Waals surface area contributed by atoms with Gasteiger partial charge in [0, 0.05) is 31.5 Å². The first kappa shape index (κ1) is 15.7. The molecule has 2 aliphatic heterocycles. The Morgan fingerprint density at radius 2 is 1.95 bits per heavy atom. The van der Waals surface area contributed by atoms with E-state index in [9.17, 15) is 8.42 Å². The highest BCUT2D eigenvalue weighted by Crippen LogP contribution is 2.23. The minimum atomic E-state index is -3.33. The van der Waals surface area contributed by atoms with Crippen LogP contribution >= 0.6 is 15.9 Å². The fourth-order valence-electron chi connectivity index (χ4n) is 2.80. The van der Waals surface area contributed by atoms with Crippen LogP contribution in [0.4, 0.5) is 0 Å². The van der Waals surface area contributed by atoms with Gasteiger partial charge in [-0.3, -0.25) is 0 Å². The third-order valence-electron chi connectivity index (χ3n) is 3.74. The van der Waals surface area contributed by atoms with Crippen LogP contribution in [0.2, 0.25) is 0 Å². The van der Waals surface area contributed by atoms with E-state index in [-0.39, 0.29) is 12.2 Å². The van der Waals surface area contributed by atoms with Gasteiger partial charge in [0.15, 0.2) is 0 Å². The van der Waals surface area contributed by atoms with E-state index in [1.165, 1.54) is 0 Å². The van der Waals surface area contributed by atoms with Gasteiger partial charge in [0.2, 0.25) is 0 Å². The molecule has 0 aliphatic carbocycles. The van der Waals surface area contributed by atoms with Crippen LogP contribution in [0.5, 0.6) is 0 Å². The minimum Gasteiger partial charge on any atom is -0.372 e. The molecule has 2 rings (SSSR count). The number of hydrogen-bond donors (Lipinski definition) is 0. The molecule has 0 spiro atoms. The van der Waals surface area contributed by atoms with Crippen LogP contribution in [0.1, 0.15) is 26.7 Å². The van der Waals surface area contributed by atoms with Crippen LogP contribution < -0.4 is 0 Å². The summed E-state index contributed by atoms with van der Waals surface area (Å²) < 4.78 is 34.3. The molecule has 0 amide bonds. The number of hydrogen-bond acceptors (Lipinski definition) is 3. The summed E-state index contributed by atoms with van der Waals surface area (Å²) in [6.45, 7) is 6.24. The molecule has 2 aliphatic rings. The average Bonchev–Trinajstić information content (AvgIpc) is 2.38. The van der Waals surface area contributed by atoms with Crippen LogP contribution in [0.15, 0.2) is 0 Å². The van der Waals surface area contributed by atoms with E-state index < -0.39 is 10.2 Å². The normalized spacial score (nSPS) is 35.4. The molecule has 112 valence electrons. The Kier molecular flexibility index (Phi) is 5.28. The summed E-state index contributed by atoms with van der Waals surface area (Å²) in [5.74, 6) is 0.453. The van der Waals surface area contributed by atoms with Gasteiger partial charge in [-0.15, -0.1) is 0 Å². The minimum absolute atomic E-state index is 0.0479. The lowest BCUT2D eigenvalue weighted by Crippen LogP contribution is -2.55. The predicted molar refractivity (Wildman–Crippen MR) is 78.6 cm³/mol. The number of alkyl halides is 1. The van der Waals surface area contributed by atoms with E-state index in [4.69, 9.17) is 4.74 Å². The monoisotopic (exact) mass is 354 g/mol. The summed E-state index contributed by atoms with van der Waals surface area (Å²) in [6, 6.07) is 0. The summed E-state index contributed by atoms with van der Waals surface area (Å²) in [4.78, 5) is 0. The molecule has 19 heavy (non-hydrogen) atoms. The van der Waals surface area contributed by atoms with Crippen LogP contribution in [0.25, 0.3) is 0 Å². The van der Waals surface area contributed by atoms with Crippen LogP contribution in [0, 0.1) is 5.92 Å². The van der Waals surface area contributed by atoms with Gasteiger partial charge in [0.05, 0.1) is 12.2 Å². The van der Waals surface area contributed by atoms with Crippen molar-refractivity contribution in [3.05, 3.63) is 0 Å². The molecule has 0 aromatic rings. The molecule has 7 heteroatoms. The molecular weight excluding hydrogens is 332 g/mol. The highest BCUT2D eigenvalue weighted by molar-refractivity contribution is 9.09. The van der Waals surface area contributed by atoms with Gasteiger partial charge in [-0.05, 0) is 25.7 Å². The van der Waals surface area contributed by atoms with Crippen LogP contribution in [0.3, 0.4) is 0 Å². The predicted octanol–water partition coefficient (Wildman–Crippen LogP) is 1.45. The van der Waals surface area contributed by atoms with Crippen LogP contribution in [-0.4, -0.2) is 60.7 Å². The Bertz CT molecular complexity index is 404. The molecule has 0 bridgehead atoms. The highest BCUT2D eigenvalue weighted by Gasteiger charge is 2.37. The molecule has 2 heterocycles. The fourth-order valence-corrected chi connectivity index (χ4v) is 5.04. The maximum absolute atomic E-state index is 12.7. The molecule has 2 saturated heterocycles. The summed E-state index contributed by atoms with van der Waals surface area (Å²) in [5, 5.41) is 0.666. The zero-order valence-electron chi connectivity index (χ0n) is 11.6. The first-order valence-electron chi connectivity index (χ1n) is 6.90. The first-order chi connectivity index (χ1) is 8.93. The summed E-state index contributed by atoms with van der Waals surface area (Å²) in [6.07, 6.45) is 1.98. The van der Waals surface area contributed by atoms with Crippen molar-refractivity contribution in [1.82, 2.24) is 8.61 Å². The van der Waals surface area contributed by atoms with Crippen molar-refractivity contribution in [3.8, 4) is 0 Å². The largest absolute Gasteiger partial charge is 0.372 e. The van der Waals surface area contributed by atoms with Crippen molar-refractivity contribution < 1.29 is 13.2 Å². The molecule has 0 N–H and O–H groups in total. The van der Waals surface area contributed by atoms with E-state index >= 15 is 0 Å². The number of rotatable bonds is 3. The van der Waals surface area contributed by atoms with Gasteiger partial charge >= 0.3 is 0 Å². The maximum atomic E-state index is 12.7.